The van der Waals surface area contributed by atoms with Gasteiger partial charge in [0, 0.05) is 71.7 Å². The lowest BCUT2D eigenvalue weighted by Gasteiger charge is -2.37. The van der Waals surface area contributed by atoms with Crippen LogP contribution in [0.3, 0.4) is 0 Å². The van der Waals surface area contributed by atoms with Crippen molar-refractivity contribution in [2.75, 3.05) is 43.4 Å². The van der Waals surface area contributed by atoms with Crippen molar-refractivity contribution < 1.29 is 19.1 Å². The molecule has 3 heterocycles. The number of aromatic nitrogens is 1. The Kier molecular flexibility index (Phi) is 6.70. The number of thioether (sulfide) groups is 1. The van der Waals surface area contributed by atoms with Gasteiger partial charge in [-0.25, -0.2) is 9.18 Å². The number of hydrogen-bond donors (Lipinski definition) is 1. The average molecular weight is 556 g/mol. The van der Waals surface area contributed by atoms with Crippen molar-refractivity contribution in [3.8, 4) is 0 Å². The van der Waals surface area contributed by atoms with Crippen LogP contribution < -0.4 is 10.3 Å². The SMILES string of the molecule is O=C(O)c1cn(C2CC2)c2cc(N3CCN(CC4CCSc5cc(Cl)ccc5C4=O)CC3)c(F)cc2c1=O. The maximum absolute atomic E-state index is 15.3. The minimum Gasteiger partial charge on any atom is -0.477 e. The summed E-state index contributed by atoms with van der Waals surface area (Å²) in [7, 11) is 0. The van der Waals surface area contributed by atoms with E-state index in [0.717, 1.165) is 35.5 Å². The van der Waals surface area contributed by atoms with E-state index in [1.165, 1.54) is 12.3 Å². The number of piperazine rings is 1. The number of halogens is 2. The van der Waals surface area contributed by atoms with Crippen LogP contribution in [-0.2, 0) is 0 Å². The Hall–Kier alpha value is -2.88. The predicted octanol–water partition coefficient (Wildman–Crippen LogP) is 4.94. The Bertz CT molecular complexity index is 1510. The molecule has 1 saturated heterocycles. The van der Waals surface area contributed by atoms with Gasteiger partial charge in [0.15, 0.2) is 5.78 Å². The molecule has 2 aromatic carbocycles. The van der Waals surface area contributed by atoms with Crippen molar-refractivity contribution >= 4 is 51.7 Å². The van der Waals surface area contributed by atoms with Crippen molar-refractivity contribution in [3.63, 3.8) is 0 Å². The van der Waals surface area contributed by atoms with Gasteiger partial charge in [-0.2, -0.15) is 0 Å². The monoisotopic (exact) mass is 555 g/mol. The quantitative estimate of drug-likeness (QED) is 0.477. The van der Waals surface area contributed by atoms with E-state index in [1.54, 1.807) is 23.9 Å². The smallest absolute Gasteiger partial charge is 0.341 e. The third kappa shape index (κ3) is 4.72. The summed E-state index contributed by atoms with van der Waals surface area (Å²) in [5.74, 6) is -0.906. The summed E-state index contributed by atoms with van der Waals surface area (Å²) in [6, 6.07) is 8.47. The average Bonchev–Trinajstić information content (AvgIpc) is 3.74. The maximum atomic E-state index is 15.3. The molecule has 6 rings (SSSR count). The third-order valence-corrected chi connectivity index (χ3v) is 9.09. The standard InChI is InChI=1S/C28H27ClFN3O4S/c29-17-1-4-19-25(11-17)38-10-5-16(26(19)34)14-31-6-8-32(9-7-31)24-13-23-20(12-22(24)30)27(35)21(28(36)37)15-33(23)18-2-3-18/h1,4,11-13,15-16,18H,2-3,5-10,14H2,(H,36,37). The lowest BCUT2D eigenvalue weighted by Crippen LogP contribution is -2.48. The van der Waals surface area contributed by atoms with Gasteiger partial charge in [0.1, 0.15) is 11.4 Å². The summed E-state index contributed by atoms with van der Waals surface area (Å²) >= 11 is 7.80. The molecule has 1 saturated carbocycles. The van der Waals surface area contributed by atoms with Gasteiger partial charge in [-0.05, 0) is 55.3 Å². The van der Waals surface area contributed by atoms with E-state index in [0.29, 0.717) is 49.0 Å². The minimum absolute atomic E-state index is 0.0923. The van der Waals surface area contributed by atoms with Crippen LogP contribution in [0.25, 0.3) is 10.9 Å². The Morgan fingerprint density at radius 1 is 1.08 bits per heavy atom. The molecular weight excluding hydrogens is 529 g/mol. The van der Waals surface area contributed by atoms with Gasteiger partial charge in [0.2, 0.25) is 5.43 Å². The van der Waals surface area contributed by atoms with Crippen LogP contribution in [0, 0.1) is 11.7 Å². The second-order valence-corrected chi connectivity index (χ2v) is 11.8. The summed E-state index contributed by atoms with van der Waals surface area (Å²) < 4.78 is 17.1. The van der Waals surface area contributed by atoms with Gasteiger partial charge in [0.25, 0.3) is 0 Å². The highest BCUT2D eigenvalue weighted by atomic mass is 35.5. The van der Waals surface area contributed by atoms with Crippen molar-refractivity contribution in [2.24, 2.45) is 5.92 Å². The molecule has 1 aromatic heterocycles. The van der Waals surface area contributed by atoms with Gasteiger partial charge < -0.3 is 14.6 Å². The first-order valence-corrected chi connectivity index (χ1v) is 14.2. The molecule has 10 heteroatoms. The molecule has 1 aliphatic carbocycles. The number of fused-ring (bicyclic) bond motifs is 2. The molecule has 0 radical (unpaired) electrons. The zero-order valence-electron chi connectivity index (χ0n) is 20.7. The van der Waals surface area contributed by atoms with Crippen molar-refractivity contribution in [3.05, 3.63) is 68.7 Å². The van der Waals surface area contributed by atoms with Crippen LogP contribution in [0.5, 0.6) is 0 Å². The number of anilines is 1. The van der Waals surface area contributed by atoms with Crippen LogP contribution in [0.4, 0.5) is 10.1 Å². The van der Waals surface area contributed by atoms with Gasteiger partial charge in [0.05, 0.1) is 11.2 Å². The molecule has 0 bridgehead atoms. The Morgan fingerprint density at radius 2 is 1.84 bits per heavy atom. The van der Waals surface area contributed by atoms with E-state index in [9.17, 15) is 19.5 Å². The van der Waals surface area contributed by atoms with E-state index in [4.69, 9.17) is 11.6 Å². The number of rotatable bonds is 5. The van der Waals surface area contributed by atoms with E-state index in [2.05, 4.69) is 4.90 Å². The van der Waals surface area contributed by atoms with Gasteiger partial charge in [-0.15, -0.1) is 11.8 Å². The van der Waals surface area contributed by atoms with Crippen LogP contribution >= 0.6 is 23.4 Å². The molecule has 1 atom stereocenters. The molecule has 7 nitrogen and oxygen atoms in total. The molecule has 3 aliphatic rings. The number of pyridine rings is 1. The molecule has 1 unspecified atom stereocenters. The third-order valence-electron chi connectivity index (χ3n) is 7.77. The summed E-state index contributed by atoms with van der Waals surface area (Å²) in [5.41, 5.74) is 0.743. The van der Waals surface area contributed by atoms with Crippen molar-refractivity contribution in [1.82, 2.24) is 9.47 Å². The number of benzene rings is 2. The molecule has 2 aliphatic heterocycles. The lowest BCUT2D eigenvalue weighted by molar-refractivity contribution is 0.0694. The number of carbonyl (C=O) groups excluding carboxylic acids is 1. The van der Waals surface area contributed by atoms with Gasteiger partial charge in [-0.1, -0.05) is 11.6 Å². The summed E-state index contributed by atoms with van der Waals surface area (Å²) in [6.07, 6.45) is 4.00. The normalized spacial score (nSPS) is 20.4. The van der Waals surface area contributed by atoms with E-state index >= 15 is 4.39 Å². The first kappa shape index (κ1) is 25.4. The molecule has 2 fully saturated rings. The fourth-order valence-electron chi connectivity index (χ4n) is 5.55. The molecule has 0 amide bonds. The topological polar surface area (TPSA) is 82.8 Å². The van der Waals surface area contributed by atoms with E-state index in [-0.39, 0.29) is 28.7 Å². The molecule has 198 valence electrons. The Morgan fingerprint density at radius 3 is 2.55 bits per heavy atom. The van der Waals surface area contributed by atoms with Crippen LogP contribution in [-0.4, -0.2) is 64.8 Å². The van der Waals surface area contributed by atoms with Crippen molar-refractivity contribution in [2.45, 2.75) is 30.2 Å². The molecule has 0 spiro atoms. The minimum atomic E-state index is -1.30. The maximum Gasteiger partial charge on any atom is 0.341 e. The molecule has 1 N–H and O–H groups in total. The number of Topliss-reactive ketones (excluding diaryl/α,β-unsaturated/α-hetero) is 1. The zero-order chi connectivity index (χ0) is 26.6. The highest BCUT2D eigenvalue weighted by Gasteiger charge is 2.31. The molecule has 38 heavy (non-hydrogen) atoms. The fourth-order valence-corrected chi connectivity index (χ4v) is 6.94. The number of carboxylic acids is 1. The van der Waals surface area contributed by atoms with Crippen LogP contribution in [0.2, 0.25) is 5.02 Å². The zero-order valence-corrected chi connectivity index (χ0v) is 22.2. The summed E-state index contributed by atoms with van der Waals surface area (Å²) in [5, 5.41) is 10.2. The highest BCUT2D eigenvalue weighted by Crippen LogP contribution is 2.38. The number of aromatic carboxylic acids is 1. The second-order valence-electron chi connectivity index (χ2n) is 10.3. The van der Waals surface area contributed by atoms with Gasteiger partial charge >= 0.3 is 5.97 Å². The predicted molar refractivity (Wildman–Crippen MR) is 147 cm³/mol. The number of ketones is 1. The largest absolute Gasteiger partial charge is 0.477 e. The van der Waals surface area contributed by atoms with Crippen LogP contribution in [0.1, 0.15) is 46.0 Å². The first-order chi connectivity index (χ1) is 18.3. The highest BCUT2D eigenvalue weighted by molar-refractivity contribution is 7.99. The number of hydrogen-bond acceptors (Lipinski definition) is 6. The summed E-state index contributed by atoms with van der Waals surface area (Å²) in [6.45, 7) is 3.22. The number of nitrogens with zero attached hydrogens (tertiary/aromatic N) is 3. The van der Waals surface area contributed by atoms with Crippen molar-refractivity contribution in [1.29, 1.82) is 0 Å². The fraction of sp³-hybridized carbons (Fsp3) is 0.393. The molecular formula is C28H27ClFN3O4S. The molecule has 3 aromatic rings. The van der Waals surface area contributed by atoms with Gasteiger partial charge in [-0.3, -0.25) is 14.5 Å². The van der Waals surface area contributed by atoms with Crippen LogP contribution in [0.15, 0.2) is 46.2 Å². The Labute approximate surface area is 228 Å². The second kappa shape index (κ2) is 10.0. The van der Waals surface area contributed by atoms with E-state index in [1.807, 2.05) is 21.6 Å². The Balaban J connectivity index is 1.20. The first-order valence-electron chi connectivity index (χ1n) is 12.9. The number of carbonyl (C=O) groups is 2. The summed E-state index contributed by atoms with van der Waals surface area (Å²) in [4.78, 5) is 42.8. The number of carboxylic acid groups (broad SMARTS) is 1. The lowest BCUT2D eigenvalue weighted by atomic mass is 9.94. The van der Waals surface area contributed by atoms with E-state index < -0.39 is 17.2 Å².